The zero-order valence-electron chi connectivity index (χ0n) is 8.58. The molecule has 2 heterocycles. The normalized spacial score (nSPS) is 19.8. The number of aryl methyl sites for hydroxylation is 1. The van der Waals surface area contributed by atoms with E-state index in [1.165, 1.54) is 31.5 Å². The van der Waals surface area contributed by atoms with E-state index in [0.717, 1.165) is 6.54 Å². The first-order valence-electron chi connectivity index (χ1n) is 5.30. The molecule has 0 aromatic carbocycles. The Balaban J connectivity index is 2.24. The Morgan fingerprint density at radius 1 is 1.46 bits per heavy atom. The van der Waals surface area contributed by atoms with Crippen LogP contribution in [0.5, 0.6) is 0 Å². The lowest BCUT2D eigenvalue weighted by molar-refractivity contribution is 0.192. The Morgan fingerprint density at radius 2 is 2.23 bits per heavy atom. The molecule has 0 atom stereocenters. The second-order valence-electron chi connectivity index (χ2n) is 4.17. The van der Waals surface area contributed by atoms with Gasteiger partial charge in [-0.25, -0.2) is 4.98 Å². The molecule has 2 rings (SSSR count). The molecule has 0 bridgehead atoms. The fourth-order valence-corrected chi connectivity index (χ4v) is 2.35. The maximum atomic E-state index is 4.41. The van der Waals surface area contributed by atoms with Crippen LogP contribution < -0.4 is 0 Å². The van der Waals surface area contributed by atoms with Crippen LogP contribution in [-0.2, 0) is 13.0 Å². The van der Waals surface area contributed by atoms with E-state index in [4.69, 9.17) is 0 Å². The van der Waals surface area contributed by atoms with Gasteiger partial charge in [-0.2, -0.15) is 0 Å². The quantitative estimate of drug-likeness (QED) is 0.680. The van der Waals surface area contributed by atoms with Gasteiger partial charge >= 0.3 is 0 Å². The summed E-state index contributed by atoms with van der Waals surface area (Å²) in [6.45, 7) is 5.78. The smallest absolute Gasteiger partial charge is 0.109 e. The van der Waals surface area contributed by atoms with Crippen molar-refractivity contribution in [3.8, 4) is 0 Å². The standard InChI is InChI=1S/C11H18N2/c1-3-11(4-2)5-7-13-8-6-12-10(13)9-11/h6,8H,3-5,7,9H2,1-2H3. The molecule has 0 saturated carbocycles. The van der Waals surface area contributed by atoms with Crippen molar-refractivity contribution in [2.75, 3.05) is 0 Å². The molecule has 2 heteroatoms. The lowest BCUT2D eigenvalue weighted by Crippen LogP contribution is -2.30. The van der Waals surface area contributed by atoms with E-state index < -0.39 is 0 Å². The summed E-state index contributed by atoms with van der Waals surface area (Å²) >= 11 is 0. The Bertz CT molecular complexity index is 284. The highest BCUT2D eigenvalue weighted by Crippen LogP contribution is 2.37. The predicted molar refractivity (Wildman–Crippen MR) is 53.6 cm³/mol. The van der Waals surface area contributed by atoms with Gasteiger partial charge in [-0.05, 0) is 24.7 Å². The van der Waals surface area contributed by atoms with E-state index in [-0.39, 0.29) is 0 Å². The van der Waals surface area contributed by atoms with Crippen molar-refractivity contribution in [2.45, 2.75) is 46.1 Å². The summed E-state index contributed by atoms with van der Waals surface area (Å²) in [6, 6.07) is 0. The summed E-state index contributed by atoms with van der Waals surface area (Å²) < 4.78 is 2.30. The molecule has 1 aromatic heterocycles. The van der Waals surface area contributed by atoms with Crippen LogP contribution in [0.25, 0.3) is 0 Å². The number of hydrogen-bond donors (Lipinski definition) is 0. The molecule has 1 aliphatic rings. The molecule has 0 radical (unpaired) electrons. The van der Waals surface area contributed by atoms with E-state index in [2.05, 4.69) is 29.6 Å². The first-order chi connectivity index (χ1) is 6.29. The highest BCUT2D eigenvalue weighted by atomic mass is 15.1. The van der Waals surface area contributed by atoms with E-state index in [0.29, 0.717) is 5.41 Å². The molecule has 0 N–H and O–H groups in total. The number of fused-ring (bicyclic) bond motifs is 1. The molecule has 0 fully saturated rings. The average Bonchev–Trinajstić information content (AvgIpc) is 2.64. The minimum Gasteiger partial charge on any atom is -0.335 e. The van der Waals surface area contributed by atoms with Gasteiger partial charge in [0.1, 0.15) is 5.82 Å². The average molecular weight is 178 g/mol. The van der Waals surface area contributed by atoms with Crippen molar-refractivity contribution in [3.63, 3.8) is 0 Å². The second-order valence-corrected chi connectivity index (χ2v) is 4.17. The van der Waals surface area contributed by atoms with Gasteiger partial charge in [0.2, 0.25) is 0 Å². The Kier molecular flexibility index (Phi) is 2.14. The SMILES string of the molecule is CCC1(CC)CCn2ccnc2C1. The van der Waals surface area contributed by atoms with Gasteiger partial charge in [0.15, 0.2) is 0 Å². The lowest BCUT2D eigenvalue weighted by Gasteiger charge is -2.35. The summed E-state index contributed by atoms with van der Waals surface area (Å²) in [5.41, 5.74) is 0.543. The monoisotopic (exact) mass is 178 g/mol. The van der Waals surface area contributed by atoms with Crippen molar-refractivity contribution >= 4 is 0 Å². The van der Waals surface area contributed by atoms with Crippen LogP contribution in [-0.4, -0.2) is 9.55 Å². The first kappa shape index (κ1) is 8.79. The van der Waals surface area contributed by atoms with Gasteiger partial charge in [-0.15, -0.1) is 0 Å². The molecular formula is C11H18N2. The minimum absolute atomic E-state index is 0.543. The van der Waals surface area contributed by atoms with Crippen molar-refractivity contribution < 1.29 is 0 Å². The van der Waals surface area contributed by atoms with Crippen LogP contribution in [0, 0.1) is 5.41 Å². The van der Waals surface area contributed by atoms with Gasteiger partial charge < -0.3 is 4.57 Å². The highest BCUT2D eigenvalue weighted by molar-refractivity contribution is 5.01. The summed E-state index contributed by atoms with van der Waals surface area (Å²) in [5, 5.41) is 0. The third-order valence-electron chi connectivity index (χ3n) is 3.72. The zero-order chi connectivity index (χ0) is 9.31. The van der Waals surface area contributed by atoms with Crippen LogP contribution in [0.4, 0.5) is 0 Å². The third kappa shape index (κ3) is 1.38. The van der Waals surface area contributed by atoms with E-state index >= 15 is 0 Å². The lowest BCUT2D eigenvalue weighted by atomic mass is 9.74. The summed E-state index contributed by atoms with van der Waals surface area (Å²) in [5.74, 6) is 1.29. The van der Waals surface area contributed by atoms with Gasteiger partial charge in [0, 0.05) is 25.4 Å². The Labute approximate surface area is 80.0 Å². The highest BCUT2D eigenvalue weighted by Gasteiger charge is 2.31. The van der Waals surface area contributed by atoms with Gasteiger partial charge in [0.05, 0.1) is 0 Å². The van der Waals surface area contributed by atoms with Crippen LogP contribution in [0.15, 0.2) is 12.4 Å². The van der Waals surface area contributed by atoms with Crippen LogP contribution in [0.1, 0.15) is 38.9 Å². The number of imidazole rings is 1. The van der Waals surface area contributed by atoms with Crippen molar-refractivity contribution in [3.05, 3.63) is 18.2 Å². The van der Waals surface area contributed by atoms with E-state index in [9.17, 15) is 0 Å². The fourth-order valence-electron chi connectivity index (χ4n) is 2.35. The van der Waals surface area contributed by atoms with Crippen molar-refractivity contribution in [1.29, 1.82) is 0 Å². The molecular weight excluding hydrogens is 160 g/mol. The molecule has 13 heavy (non-hydrogen) atoms. The van der Waals surface area contributed by atoms with Crippen molar-refractivity contribution in [2.24, 2.45) is 5.41 Å². The van der Waals surface area contributed by atoms with Gasteiger partial charge in [-0.3, -0.25) is 0 Å². The number of hydrogen-bond acceptors (Lipinski definition) is 1. The van der Waals surface area contributed by atoms with Gasteiger partial charge in [-0.1, -0.05) is 13.8 Å². The predicted octanol–water partition coefficient (Wildman–Crippen LogP) is 2.64. The Hall–Kier alpha value is -0.790. The van der Waals surface area contributed by atoms with Crippen molar-refractivity contribution in [1.82, 2.24) is 9.55 Å². The zero-order valence-corrected chi connectivity index (χ0v) is 8.58. The number of rotatable bonds is 2. The summed E-state index contributed by atoms with van der Waals surface area (Å²) in [4.78, 5) is 4.41. The van der Waals surface area contributed by atoms with Gasteiger partial charge in [0.25, 0.3) is 0 Å². The fraction of sp³-hybridized carbons (Fsp3) is 0.727. The molecule has 1 aliphatic heterocycles. The molecule has 1 aromatic rings. The molecule has 0 saturated heterocycles. The molecule has 0 amide bonds. The van der Waals surface area contributed by atoms with Crippen LogP contribution >= 0.6 is 0 Å². The number of nitrogens with zero attached hydrogens (tertiary/aromatic N) is 2. The summed E-state index contributed by atoms with van der Waals surface area (Å²) in [7, 11) is 0. The minimum atomic E-state index is 0.543. The van der Waals surface area contributed by atoms with E-state index in [1.807, 2.05) is 6.20 Å². The topological polar surface area (TPSA) is 17.8 Å². The molecule has 0 aliphatic carbocycles. The first-order valence-corrected chi connectivity index (χ1v) is 5.30. The van der Waals surface area contributed by atoms with Crippen LogP contribution in [0.2, 0.25) is 0 Å². The summed E-state index contributed by atoms with van der Waals surface area (Å²) in [6.07, 6.45) is 9.10. The molecule has 0 unspecified atom stereocenters. The molecule has 2 nitrogen and oxygen atoms in total. The molecule has 0 spiro atoms. The maximum absolute atomic E-state index is 4.41. The third-order valence-corrected chi connectivity index (χ3v) is 3.72. The van der Waals surface area contributed by atoms with E-state index in [1.54, 1.807) is 0 Å². The molecule has 72 valence electrons. The largest absolute Gasteiger partial charge is 0.335 e. The number of aromatic nitrogens is 2. The maximum Gasteiger partial charge on any atom is 0.109 e. The second kappa shape index (κ2) is 3.17. The van der Waals surface area contributed by atoms with Crippen LogP contribution in [0.3, 0.4) is 0 Å². The Morgan fingerprint density at radius 3 is 2.92 bits per heavy atom.